The minimum atomic E-state index is -0.826. The van der Waals surface area contributed by atoms with Gasteiger partial charge in [0.2, 0.25) is 0 Å². The van der Waals surface area contributed by atoms with Crippen molar-refractivity contribution in [2.24, 2.45) is 0 Å². The second kappa shape index (κ2) is 9.95. The number of hydrogen-bond donors (Lipinski definition) is 0. The van der Waals surface area contributed by atoms with Crippen molar-refractivity contribution in [1.82, 2.24) is 0 Å². The zero-order valence-electron chi connectivity index (χ0n) is 11.3. The van der Waals surface area contributed by atoms with Crippen LogP contribution in [0.5, 0.6) is 0 Å². The van der Waals surface area contributed by atoms with Crippen LogP contribution in [0.25, 0.3) is 10.8 Å². The van der Waals surface area contributed by atoms with E-state index in [9.17, 15) is 0 Å². The molecule has 0 atom stereocenters. The molecule has 0 fully saturated rings. The summed E-state index contributed by atoms with van der Waals surface area (Å²) in [6, 6.07) is 18.7. The van der Waals surface area contributed by atoms with Crippen molar-refractivity contribution in [1.29, 1.82) is 0 Å². The van der Waals surface area contributed by atoms with Gasteiger partial charge in [-0.15, -0.1) is 28.5 Å². The Labute approximate surface area is 147 Å². The van der Waals surface area contributed by atoms with Crippen LogP contribution in [0, 0.1) is 13.8 Å². The number of rotatable bonds is 0. The summed E-state index contributed by atoms with van der Waals surface area (Å²) in [4.78, 5) is 0. The Bertz CT molecular complexity index is 598. The summed E-state index contributed by atoms with van der Waals surface area (Å²) in [5.41, 5.74) is 2.67. The zero-order chi connectivity index (χ0) is 15.0. The van der Waals surface area contributed by atoms with E-state index in [-0.39, 0.29) is 0 Å². The smallest absolute Gasteiger partial charge is 0.172 e. The number of fused-ring (bicyclic) bond motifs is 1. The molecule has 4 heteroatoms. The molecular formula is C16H15BrCl2Zr. The third-order valence-corrected chi connectivity index (χ3v) is 3.65. The Balaban J connectivity index is 0.000000208. The minimum absolute atomic E-state index is 0.826. The van der Waals surface area contributed by atoms with E-state index in [1.807, 2.05) is 30.3 Å². The van der Waals surface area contributed by atoms with Crippen molar-refractivity contribution in [3.8, 4) is 0 Å². The van der Waals surface area contributed by atoms with Gasteiger partial charge in [0.15, 0.2) is 0 Å². The fraction of sp³-hybridized carbons (Fsp3) is 0.125. The minimum Gasteiger partial charge on any atom is -0.214 e. The Kier molecular flexibility index (Phi) is 9.04. The van der Waals surface area contributed by atoms with Crippen LogP contribution >= 0.6 is 33.0 Å². The van der Waals surface area contributed by atoms with E-state index in [0.29, 0.717) is 0 Å². The molecule has 104 valence electrons. The monoisotopic (exact) mass is 446 g/mol. The van der Waals surface area contributed by atoms with E-state index >= 15 is 0 Å². The summed E-state index contributed by atoms with van der Waals surface area (Å²) in [6.07, 6.45) is 0. The van der Waals surface area contributed by atoms with Gasteiger partial charge in [0, 0.05) is 4.47 Å². The van der Waals surface area contributed by atoms with E-state index in [4.69, 9.17) is 17.0 Å². The van der Waals surface area contributed by atoms with Crippen molar-refractivity contribution in [3.05, 3.63) is 70.2 Å². The molecule has 20 heavy (non-hydrogen) atoms. The van der Waals surface area contributed by atoms with Gasteiger partial charge < -0.3 is 0 Å². The molecule has 3 aromatic carbocycles. The van der Waals surface area contributed by atoms with E-state index in [1.165, 1.54) is 26.4 Å². The average Bonchev–Trinajstić information content (AvgIpc) is 3.07. The second-order valence-corrected chi connectivity index (χ2v) is 8.83. The van der Waals surface area contributed by atoms with Gasteiger partial charge in [0.25, 0.3) is 0 Å². The Morgan fingerprint density at radius 1 is 1.10 bits per heavy atom. The molecule has 0 radical (unpaired) electrons. The van der Waals surface area contributed by atoms with Crippen LogP contribution in [0.15, 0.2) is 59.1 Å². The van der Waals surface area contributed by atoms with Crippen LogP contribution in [-0.4, -0.2) is 0 Å². The molecule has 0 bridgehead atoms. The van der Waals surface area contributed by atoms with E-state index in [2.05, 4.69) is 54.0 Å². The first-order valence-electron chi connectivity index (χ1n) is 6.05. The Morgan fingerprint density at radius 3 is 2.20 bits per heavy atom. The Morgan fingerprint density at radius 2 is 1.70 bits per heavy atom. The zero-order valence-corrected chi connectivity index (χ0v) is 16.9. The third kappa shape index (κ3) is 5.86. The third-order valence-electron chi connectivity index (χ3n) is 2.79. The SMILES string of the molecule is Cc1cc2c(C)c(Br)ccc2[cH-]1.[Cl][Zr+2][Cl].c1cc[cH-]c1. The van der Waals surface area contributed by atoms with Crippen LogP contribution in [0.2, 0.25) is 0 Å². The molecule has 0 nitrogen and oxygen atoms in total. The molecule has 0 aliphatic heterocycles. The fourth-order valence-corrected chi connectivity index (χ4v) is 2.22. The molecule has 3 aromatic rings. The number of benzene rings is 1. The van der Waals surface area contributed by atoms with Gasteiger partial charge in [-0.3, -0.25) is 0 Å². The molecular weight excluding hydrogens is 434 g/mol. The van der Waals surface area contributed by atoms with Crippen molar-refractivity contribution in [2.75, 3.05) is 0 Å². The van der Waals surface area contributed by atoms with Crippen molar-refractivity contribution < 1.29 is 20.8 Å². The summed E-state index contributed by atoms with van der Waals surface area (Å²) < 4.78 is 1.20. The molecule has 0 aliphatic rings. The summed E-state index contributed by atoms with van der Waals surface area (Å²) in [5, 5.41) is 2.70. The van der Waals surface area contributed by atoms with Crippen LogP contribution in [0.4, 0.5) is 0 Å². The van der Waals surface area contributed by atoms with Gasteiger partial charge in [-0.25, -0.2) is 12.1 Å². The van der Waals surface area contributed by atoms with Gasteiger partial charge in [0.1, 0.15) is 0 Å². The van der Waals surface area contributed by atoms with E-state index in [1.54, 1.807) is 0 Å². The van der Waals surface area contributed by atoms with E-state index in [0.717, 1.165) is 0 Å². The maximum Gasteiger partial charge on any atom is -0.172 e. The predicted octanol–water partition coefficient (Wildman–Crippen LogP) is 6.72. The summed E-state index contributed by atoms with van der Waals surface area (Å²) in [7, 11) is 9.87. The fourth-order valence-electron chi connectivity index (χ4n) is 1.88. The number of halogens is 3. The Hall–Kier alpha value is 0.123. The number of aryl methyl sites for hydroxylation is 2. The molecule has 0 heterocycles. The van der Waals surface area contributed by atoms with Gasteiger partial charge in [-0.2, -0.15) is 24.3 Å². The first kappa shape index (κ1) is 18.2. The summed E-state index contributed by atoms with van der Waals surface area (Å²) in [5.74, 6) is 0. The molecule has 0 saturated heterocycles. The van der Waals surface area contributed by atoms with Gasteiger partial charge in [0.05, 0.1) is 0 Å². The van der Waals surface area contributed by atoms with Crippen molar-refractivity contribution in [3.63, 3.8) is 0 Å². The molecule has 0 aliphatic carbocycles. The maximum absolute atomic E-state index is 4.93. The largest absolute Gasteiger partial charge is 0.214 e. The average molecular weight is 449 g/mol. The van der Waals surface area contributed by atoms with Gasteiger partial charge in [-0.1, -0.05) is 34.5 Å². The van der Waals surface area contributed by atoms with Crippen LogP contribution in [0.1, 0.15) is 11.1 Å². The van der Waals surface area contributed by atoms with Crippen LogP contribution < -0.4 is 0 Å². The van der Waals surface area contributed by atoms with Gasteiger partial charge in [-0.05, 0) is 6.92 Å². The maximum atomic E-state index is 4.93. The van der Waals surface area contributed by atoms with Crippen LogP contribution in [0.3, 0.4) is 0 Å². The molecule has 0 aromatic heterocycles. The van der Waals surface area contributed by atoms with Crippen molar-refractivity contribution in [2.45, 2.75) is 13.8 Å². The molecule has 0 spiro atoms. The number of hydrogen-bond acceptors (Lipinski definition) is 0. The molecule has 3 rings (SSSR count). The molecule has 0 amide bonds. The molecule has 0 saturated carbocycles. The summed E-state index contributed by atoms with van der Waals surface area (Å²) >= 11 is 2.70. The first-order chi connectivity index (χ1) is 9.60. The summed E-state index contributed by atoms with van der Waals surface area (Å²) in [6.45, 7) is 4.28. The quantitative estimate of drug-likeness (QED) is 0.334. The van der Waals surface area contributed by atoms with Gasteiger partial charge >= 0.3 is 37.9 Å². The topological polar surface area (TPSA) is 0 Å². The molecule has 0 unspecified atom stereocenters. The normalized spacial score (nSPS) is 9.05. The first-order valence-corrected chi connectivity index (χ1v) is 13.2. The predicted molar refractivity (Wildman–Crippen MR) is 90.5 cm³/mol. The molecule has 0 N–H and O–H groups in total. The second-order valence-electron chi connectivity index (χ2n) is 4.24. The van der Waals surface area contributed by atoms with Crippen LogP contribution in [-0.2, 0) is 20.8 Å². The van der Waals surface area contributed by atoms with Crippen molar-refractivity contribution >= 4 is 43.7 Å². The van der Waals surface area contributed by atoms with E-state index < -0.39 is 20.8 Å². The standard InChI is InChI=1S/C11H10Br.C5H5.2ClH.Zr/c1-7-5-9-3-4-11(12)8(2)10(9)6-7;1-2-4-5-3-1;;;/h3-6H,1-2H3;1-5H;2*1H;/q2*-1;;;+4/p-2.